The largest absolute Gasteiger partial charge is 0.359 e. The van der Waals surface area contributed by atoms with Crippen LogP contribution in [0.25, 0.3) is 0 Å². The predicted octanol–water partition coefficient (Wildman–Crippen LogP) is 1.29. The van der Waals surface area contributed by atoms with E-state index in [9.17, 15) is 4.79 Å². The van der Waals surface area contributed by atoms with Crippen molar-refractivity contribution in [2.75, 3.05) is 7.05 Å². The Hall–Kier alpha value is -0.570. The SMILES string of the molecule is CNC(=O)C1CCCCC1NC(C)C. The van der Waals surface area contributed by atoms with Crippen LogP contribution >= 0.6 is 0 Å². The summed E-state index contributed by atoms with van der Waals surface area (Å²) >= 11 is 0. The molecule has 0 aromatic heterocycles. The summed E-state index contributed by atoms with van der Waals surface area (Å²) in [4.78, 5) is 11.6. The Labute approximate surface area is 86.6 Å². The van der Waals surface area contributed by atoms with Crippen LogP contribution in [0.5, 0.6) is 0 Å². The van der Waals surface area contributed by atoms with Crippen LogP contribution in [0.1, 0.15) is 39.5 Å². The molecule has 2 N–H and O–H groups in total. The number of nitrogens with one attached hydrogen (secondary N) is 2. The summed E-state index contributed by atoms with van der Waals surface area (Å²) < 4.78 is 0. The molecule has 82 valence electrons. The molecule has 1 rings (SSSR count). The van der Waals surface area contributed by atoms with Crippen molar-refractivity contribution in [3.63, 3.8) is 0 Å². The van der Waals surface area contributed by atoms with Gasteiger partial charge < -0.3 is 10.6 Å². The van der Waals surface area contributed by atoms with Gasteiger partial charge >= 0.3 is 0 Å². The van der Waals surface area contributed by atoms with Crippen LogP contribution in [0.4, 0.5) is 0 Å². The van der Waals surface area contributed by atoms with Crippen molar-refractivity contribution in [2.24, 2.45) is 5.92 Å². The molecule has 1 fully saturated rings. The first-order chi connectivity index (χ1) is 6.65. The maximum Gasteiger partial charge on any atom is 0.224 e. The second-order valence-corrected chi connectivity index (χ2v) is 4.43. The number of amides is 1. The summed E-state index contributed by atoms with van der Waals surface area (Å²) in [6.45, 7) is 4.27. The van der Waals surface area contributed by atoms with Crippen LogP contribution in [0.15, 0.2) is 0 Å². The van der Waals surface area contributed by atoms with E-state index in [1.165, 1.54) is 12.8 Å². The van der Waals surface area contributed by atoms with Crippen LogP contribution < -0.4 is 10.6 Å². The zero-order valence-electron chi connectivity index (χ0n) is 9.47. The zero-order valence-corrected chi connectivity index (χ0v) is 9.47. The fourth-order valence-corrected chi connectivity index (χ4v) is 2.26. The second-order valence-electron chi connectivity index (χ2n) is 4.43. The van der Waals surface area contributed by atoms with Crippen LogP contribution in [0, 0.1) is 5.92 Å². The van der Waals surface area contributed by atoms with Gasteiger partial charge in [0.05, 0.1) is 5.92 Å². The van der Waals surface area contributed by atoms with E-state index in [2.05, 4.69) is 24.5 Å². The molecule has 2 atom stereocenters. The molecule has 1 aliphatic carbocycles. The fourth-order valence-electron chi connectivity index (χ4n) is 2.26. The molecule has 0 aromatic carbocycles. The third-order valence-corrected chi connectivity index (χ3v) is 2.90. The van der Waals surface area contributed by atoms with E-state index in [0.29, 0.717) is 12.1 Å². The van der Waals surface area contributed by atoms with E-state index in [1.54, 1.807) is 7.05 Å². The minimum atomic E-state index is 0.177. The Kier molecular flexibility index (Phi) is 4.39. The quantitative estimate of drug-likeness (QED) is 0.717. The van der Waals surface area contributed by atoms with Crippen molar-refractivity contribution in [3.8, 4) is 0 Å². The van der Waals surface area contributed by atoms with Gasteiger partial charge in [-0.1, -0.05) is 26.7 Å². The third kappa shape index (κ3) is 2.98. The van der Waals surface area contributed by atoms with Gasteiger partial charge in [0.15, 0.2) is 0 Å². The van der Waals surface area contributed by atoms with Crippen LogP contribution in [-0.2, 0) is 4.79 Å². The topological polar surface area (TPSA) is 41.1 Å². The molecule has 14 heavy (non-hydrogen) atoms. The molecule has 0 spiro atoms. The summed E-state index contributed by atoms with van der Waals surface area (Å²) in [6.07, 6.45) is 4.60. The van der Waals surface area contributed by atoms with E-state index in [1.807, 2.05) is 0 Å². The van der Waals surface area contributed by atoms with Crippen LogP contribution in [0.3, 0.4) is 0 Å². The summed E-state index contributed by atoms with van der Waals surface area (Å²) in [5, 5.41) is 6.25. The monoisotopic (exact) mass is 198 g/mol. The highest BCUT2D eigenvalue weighted by Gasteiger charge is 2.30. The van der Waals surface area contributed by atoms with Gasteiger partial charge in [-0.05, 0) is 12.8 Å². The molecule has 1 amide bonds. The molecular weight excluding hydrogens is 176 g/mol. The third-order valence-electron chi connectivity index (χ3n) is 2.90. The number of carbonyl (C=O) groups is 1. The number of rotatable bonds is 3. The summed E-state index contributed by atoms with van der Waals surface area (Å²) in [5.41, 5.74) is 0. The van der Waals surface area contributed by atoms with E-state index in [-0.39, 0.29) is 11.8 Å². The lowest BCUT2D eigenvalue weighted by Gasteiger charge is -2.32. The maximum absolute atomic E-state index is 11.6. The molecule has 1 aliphatic rings. The minimum absolute atomic E-state index is 0.177. The van der Waals surface area contributed by atoms with Crippen molar-refractivity contribution in [1.29, 1.82) is 0 Å². The Morgan fingerprint density at radius 2 is 1.93 bits per heavy atom. The highest BCUT2D eigenvalue weighted by molar-refractivity contribution is 5.79. The summed E-state index contributed by atoms with van der Waals surface area (Å²) in [7, 11) is 1.73. The molecule has 3 heteroatoms. The second kappa shape index (κ2) is 5.35. The smallest absolute Gasteiger partial charge is 0.224 e. The number of carbonyl (C=O) groups excluding carboxylic acids is 1. The first-order valence-electron chi connectivity index (χ1n) is 5.62. The Balaban J connectivity index is 2.54. The van der Waals surface area contributed by atoms with Gasteiger partial charge in [0.25, 0.3) is 0 Å². The lowest BCUT2D eigenvalue weighted by molar-refractivity contribution is -0.126. The zero-order chi connectivity index (χ0) is 10.6. The van der Waals surface area contributed by atoms with Crippen molar-refractivity contribution >= 4 is 5.91 Å². The van der Waals surface area contributed by atoms with Crippen LogP contribution in [-0.4, -0.2) is 25.0 Å². The Morgan fingerprint density at radius 1 is 1.29 bits per heavy atom. The predicted molar refractivity (Wildman–Crippen MR) is 58.1 cm³/mol. The summed E-state index contributed by atoms with van der Waals surface area (Å²) in [5.74, 6) is 0.374. The minimum Gasteiger partial charge on any atom is -0.359 e. The first-order valence-corrected chi connectivity index (χ1v) is 5.62. The van der Waals surface area contributed by atoms with Gasteiger partial charge in [-0.25, -0.2) is 0 Å². The molecule has 0 saturated heterocycles. The molecule has 2 unspecified atom stereocenters. The Morgan fingerprint density at radius 3 is 2.50 bits per heavy atom. The van der Waals surface area contributed by atoms with E-state index < -0.39 is 0 Å². The lowest BCUT2D eigenvalue weighted by atomic mass is 9.83. The molecule has 0 bridgehead atoms. The standard InChI is InChI=1S/C11H22N2O/c1-8(2)13-10-7-5-4-6-9(10)11(14)12-3/h8-10,13H,4-7H2,1-3H3,(H,12,14). The molecule has 0 radical (unpaired) electrons. The van der Waals surface area contributed by atoms with Gasteiger partial charge in [-0.3, -0.25) is 4.79 Å². The summed E-state index contributed by atoms with van der Waals surface area (Å²) in [6, 6.07) is 0.842. The van der Waals surface area contributed by atoms with Crippen molar-refractivity contribution in [3.05, 3.63) is 0 Å². The van der Waals surface area contributed by atoms with Gasteiger partial charge in [-0.2, -0.15) is 0 Å². The average molecular weight is 198 g/mol. The molecule has 0 aromatic rings. The van der Waals surface area contributed by atoms with Crippen LogP contribution in [0.2, 0.25) is 0 Å². The number of hydrogen-bond acceptors (Lipinski definition) is 2. The van der Waals surface area contributed by atoms with Crippen molar-refractivity contribution in [1.82, 2.24) is 10.6 Å². The van der Waals surface area contributed by atoms with E-state index >= 15 is 0 Å². The molecule has 1 saturated carbocycles. The molecule has 3 nitrogen and oxygen atoms in total. The lowest BCUT2D eigenvalue weighted by Crippen LogP contribution is -2.47. The Bertz CT molecular complexity index is 192. The normalized spacial score (nSPS) is 27.7. The maximum atomic E-state index is 11.6. The van der Waals surface area contributed by atoms with Gasteiger partial charge in [-0.15, -0.1) is 0 Å². The average Bonchev–Trinajstić information content (AvgIpc) is 2.16. The van der Waals surface area contributed by atoms with E-state index in [0.717, 1.165) is 12.8 Å². The van der Waals surface area contributed by atoms with Gasteiger partial charge in [0.2, 0.25) is 5.91 Å². The van der Waals surface area contributed by atoms with Gasteiger partial charge in [0, 0.05) is 19.1 Å². The van der Waals surface area contributed by atoms with Gasteiger partial charge in [0.1, 0.15) is 0 Å². The highest BCUT2D eigenvalue weighted by atomic mass is 16.1. The molecule has 0 aliphatic heterocycles. The first kappa shape index (κ1) is 11.5. The van der Waals surface area contributed by atoms with Crippen molar-refractivity contribution < 1.29 is 4.79 Å². The fraction of sp³-hybridized carbons (Fsp3) is 0.909. The van der Waals surface area contributed by atoms with E-state index in [4.69, 9.17) is 0 Å². The number of hydrogen-bond donors (Lipinski definition) is 2. The molecule has 0 heterocycles. The van der Waals surface area contributed by atoms with Crippen molar-refractivity contribution in [2.45, 2.75) is 51.6 Å². The molecular formula is C11H22N2O. The highest BCUT2D eigenvalue weighted by Crippen LogP contribution is 2.24.